The maximum atomic E-state index is 6.37. The molecule has 4 nitrogen and oxygen atoms in total. The highest BCUT2D eigenvalue weighted by molar-refractivity contribution is 5.22. The number of hydrogen-bond acceptors (Lipinski definition) is 4. The second-order valence-corrected chi connectivity index (χ2v) is 5.46. The summed E-state index contributed by atoms with van der Waals surface area (Å²) in [6, 6.07) is -0.0869. The normalized spacial score (nSPS) is 24.6. The van der Waals surface area contributed by atoms with E-state index in [0.717, 1.165) is 12.1 Å². The van der Waals surface area contributed by atoms with Crippen LogP contribution in [-0.4, -0.2) is 17.1 Å². The quantitative estimate of drug-likeness (QED) is 0.873. The molecule has 0 radical (unpaired) electrons. The molecule has 1 fully saturated rings. The fourth-order valence-corrected chi connectivity index (χ4v) is 2.93. The molecule has 94 valence electrons. The molecule has 0 bridgehead atoms. The Morgan fingerprint density at radius 3 is 2.71 bits per heavy atom. The Morgan fingerprint density at radius 1 is 1.41 bits per heavy atom. The van der Waals surface area contributed by atoms with Crippen LogP contribution in [0.15, 0.2) is 12.4 Å². The molecule has 4 heteroatoms. The lowest BCUT2D eigenvalue weighted by Crippen LogP contribution is -2.30. The topological polar surface area (TPSA) is 61.0 Å². The number of hydrogen-bond donors (Lipinski definition) is 1. The second kappa shape index (κ2) is 4.61. The predicted octanol–water partition coefficient (Wildman–Crippen LogP) is 2.31. The molecule has 2 atom stereocenters. The zero-order chi connectivity index (χ0) is 12.5. The number of rotatable bonds is 3. The van der Waals surface area contributed by atoms with Gasteiger partial charge in [-0.05, 0) is 24.2 Å². The lowest BCUT2D eigenvalue weighted by Gasteiger charge is -2.31. The van der Waals surface area contributed by atoms with Crippen molar-refractivity contribution in [3.63, 3.8) is 0 Å². The fraction of sp³-hybridized carbons (Fsp3) is 0.692. The Balaban J connectivity index is 2.27. The Kier molecular flexibility index (Phi) is 3.33. The number of nitrogens with two attached hydrogens (primary N) is 1. The van der Waals surface area contributed by atoms with E-state index in [0.29, 0.717) is 11.8 Å². The molecule has 1 aromatic heterocycles. The van der Waals surface area contributed by atoms with Gasteiger partial charge in [-0.1, -0.05) is 20.3 Å². The molecule has 2 N–H and O–H groups in total. The van der Waals surface area contributed by atoms with E-state index in [1.807, 2.05) is 0 Å². The van der Waals surface area contributed by atoms with Crippen molar-refractivity contribution in [3.8, 4) is 5.88 Å². The first-order chi connectivity index (χ1) is 8.06. The minimum Gasteiger partial charge on any atom is -0.480 e. The lowest BCUT2D eigenvalue weighted by atomic mass is 9.77. The van der Waals surface area contributed by atoms with Gasteiger partial charge in [0.1, 0.15) is 5.69 Å². The number of ether oxygens (including phenoxy) is 1. The van der Waals surface area contributed by atoms with Crippen LogP contribution in [0, 0.1) is 11.3 Å². The maximum absolute atomic E-state index is 6.37. The smallest absolute Gasteiger partial charge is 0.236 e. The molecule has 0 saturated heterocycles. The van der Waals surface area contributed by atoms with Gasteiger partial charge in [-0.15, -0.1) is 0 Å². The Morgan fingerprint density at radius 2 is 2.12 bits per heavy atom. The first-order valence-electron chi connectivity index (χ1n) is 6.17. The molecule has 1 saturated carbocycles. The van der Waals surface area contributed by atoms with E-state index in [1.54, 1.807) is 19.5 Å². The summed E-state index contributed by atoms with van der Waals surface area (Å²) in [6.07, 6.45) is 6.95. The molecule has 1 aliphatic rings. The van der Waals surface area contributed by atoms with E-state index in [4.69, 9.17) is 10.5 Å². The van der Waals surface area contributed by atoms with Gasteiger partial charge in [0, 0.05) is 12.4 Å². The molecule has 1 aromatic rings. The molecule has 17 heavy (non-hydrogen) atoms. The summed E-state index contributed by atoms with van der Waals surface area (Å²) in [7, 11) is 1.61. The van der Waals surface area contributed by atoms with Gasteiger partial charge >= 0.3 is 0 Å². The highest BCUT2D eigenvalue weighted by Crippen LogP contribution is 2.48. The number of aromatic nitrogens is 2. The molecule has 2 unspecified atom stereocenters. The lowest BCUT2D eigenvalue weighted by molar-refractivity contribution is 0.216. The SMILES string of the molecule is COc1nccnc1C(N)C1CCCC1(C)C. The molecule has 0 aromatic carbocycles. The van der Waals surface area contributed by atoms with Gasteiger partial charge in [0.05, 0.1) is 13.2 Å². The second-order valence-electron chi connectivity index (χ2n) is 5.46. The highest BCUT2D eigenvalue weighted by Gasteiger charge is 2.40. The largest absolute Gasteiger partial charge is 0.480 e. The van der Waals surface area contributed by atoms with Gasteiger partial charge in [-0.25, -0.2) is 4.98 Å². The van der Waals surface area contributed by atoms with E-state index in [2.05, 4.69) is 23.8 Å². The minimum atomic E-state index is -0.0869. The third-order valence-corrected chi connectivity index (χ3v) is 3.97. The predicted molar refractivity (Wildman–Crippen MR) is 66.6 cm³/mol. The fourth-order valence-electron chi connectivity index (χ4n) is 2.93. The molecular formula is C13H21N3O. The molecule has 1 heterocycles. The van der Waals surface area contributed by atoms with Crippen LogP contribution in [0.3, 0.4) is 0 Å². The van der Waals surface area contributed by atoms with Crippen LogP contribution < -0.4 is 10.5 Å². The summed E-state index contributed by atoms with van der Waals surface area (Å²) in [5.41, 5.74) is 7.44. The summed E-state index contributed by atoms with van der Waals surface area (Å²) >= 11 is 0. The molecule has 1 aliphatic carbocycles. The third kappa shape index (κ3) is 2.27. The Bertz CT molecular complexity index is 392. The number of methoxy groups -OCH3 is 1. The summed E-state index contributed by atoms with van der Waals surface area (Å²) in [4.78, 5) is 8.52. The third-order valence-electron chi connectivity index (χ3n) is 3.97. The van der Waals surface area contributed by atoms with Crippen LogP contribution in [0.1, 0.15) is 44.8 Å². The monoisotopic (exact) mass is 235 g/mol. The van der Waals surface area contributed by atoms with Crippen molar-refractivity contribution in [2.45, 2.75) is 39.2 Å². The zero-order valence-electron chi connectivity index (χ0n) is 10.8. The standard InChI is InChI=1S/C13H21N3O/c1-13(2)6-4-5-9(13)10(14)11-12(17-3)16-8-7-15-11/h7-10H,4-6,14H2,1-3H3. The summed E-state index contributed by atoms with van der Waals surface area (Å²) in [5.74, 6) is 1.01. The average molecular weight is 235 g/mol. The van der Waals surface area contributed by atoms with Crippen molar-refractivity contribution in [1.82, 2.24) is 9.97 Å². The van der Waals surface area contributed by atoms with Crippen molar-refractivity contribution in [1.29, 1.82) is 0 Å². The van der Waals surface area contributed by atoms with E-state index < -0.39 is 0 Å². The summed E-state index contributed by atoms with van der Waals surface area (Å²) in [5, 5.41) is 0. The van der Waals surface area contributed by atoms with Crippen LogP contribution >= 0.6 is 0 Å². The van der Waals surface area contributed by atoms with Crippen molar-refractivity contribution in [2.24, 2.45) is 17.1 Å². The van der Waals surface area contributed by atoms with Crippen molar-refractivity contribution in [3.05, 3.63) is 18.1 Å². The van der Waals surface area contributed by atoms with Crippen molar-refractivity contribution in [2.75, 3.05) is 7.11 Å². The minimum absolute atomic E-state index is 0.0869. The van der Waals surface area contributed by atoms with E-state index in [-0.39, 0.29) is 11.5 Å². The van der Waals surface area contributed by atoms with Gasteiger partial charge in [0.15, 0.2) is 0 Å². The van der Waals surface area contributed by atoms with E-state index in [9.17, 15) is 0 Å². The van der Waals surface area contributed by atoms with Crippen LogP contribution in [0.4, 0.5) is 0 Å². The van der Waals surface area contributed by atoms with Crippen LogP contribution in [-0.2, 0) is 0 Å². The molecule has 0 amide bonds. The van der Waals surface area contributed by atoms with Gasteiger partial charge < -0.3 is 10.5 Å². The van der Waals surface area contributed by atoms with Gasteiger partial charge in [-0.2, -0.15) is 0 Å². The maximum Gasteiger partial charge on any atom is 0.236 e. The van der Waals surface area contributed by atoms with Crippen molar-refractivity contribution >= 4 is 0 Å². The first-order valence-corrected chi connectivity index (χ1v) is 6.17. The van der Waals surface area contributed by atoms with E-state index >= 15 is 0 Å². The van der Waals surface area contributed by atoms with Crippen LogP contribution in [0.25, 0.3) is 0 Å². The highest BCUT2D eigenvalue weighted by atomic mass is 16.5. The zero-order valence-corrected chi connectivity index (χ0v) is 10.8. The summed E-state index contributed by atoms with van der Waals surface area (Å²) in [6.45, 7) is 4.57. The van der Waals surface area contributed by atoms with Crippen LogP contribution in [0.2, 0.25) is 0 Å². The molecule has 0 aliphatic heterocycles. The molecular weight excluding hydrogens is 214 g/mol. The molecule has 2 rings (SSSR count). The van der Waals surface area contributed by atoms with E-state index in [1.165, 1.54) is 12.8 Å². The van der Waals surface area contributed by atoms with Gasteiger partial charge in [0.25, 0.3) is 0 Å². The first kappa shape index (κ1) is 12.3. The van der Waals surface area contributed by atoms with Crippen LogP contribution in [0.5, 0.6) is 5.88 Å². The Hall–Kier alpha value is -1.16. The van der Waals surface area contributed by atoms with Gasteiger partial charge in [0.2, 0.25) is 5.88 Å². The summed E-state index contributed by atoms with van der Waals surface area (Å²) < 4.78 is 5.24. The van der Waals surface area contributed by atoms with Gasteiger partial charge in [-0.3, -0.25) is 4.98 Å². The average Bonchev–Trinajstić information content (AvgIpc) is 2.68. The Labute approximate surface area is 103 Å². The number of nitrogens with zero attached hydrogens (tertiary/aromatic N) is 2. The van der Waals surface area contributed by atoms with Crippen molar-refractivity contribution < 1.29 is 4.74 Å². The molecule has 0 spiro atoms.